The van der Waals surface area contributed by atoms with Crippen molar-refractivity contribution in [2.45, 2.75) is 23.2 Å². The van der Waals surface area contributed by atoms with E-state index < -0.39 is 49.4 Å². The minimum Gasteiger partial charge on any atom is -0.257 e. The van der Waals surface area contributed by atoms with Crippen molar-refractivity contribution in [2.75, 3.05) is 6.54 Å². The molecule has 15 heteroatoms. The van der Waals surface area contributed by atoms with E-state index in [-0.39, 0.29) is 0 Å². The number of nitro groups is 4. The van der Waals surface area contributed by atoms with Gasteiger partial charge in [0.1, 0.15) is 26.1 Å². The lowest BCUT2D eigenvalue weighted by Crippen LogP contribution is -2.54. The van der Waals surface area contributed by atoms with Gasteiger partial charge >= 0.3 is 10.4 Å². The minimum absolute atomic E-state index is 0.429. The molecule has 0 bridgehead atoms. The highest BCUT2D eigenvalue weighted by Gasteiger charge is 2.56. The molecular formula is C5H7Cl2N5O8. The zero-order valence-electron chi connectivity index (χ0n) is 9.43. The van der Waals surface area contributed by atoms with Crippen molar-refractivity contribution in [1.82, 2.24) is 5.32 Å². The van der Waals surface area contributed by atoms with E-state index in [2.05, 4.69) is 0 Å². The second-order valence-electron chi connectivity index (χ2n) is 3.36. The SMILES string of the molecule is O=[N+]([O-])C(Cl)(CCCNC(Cl)([N+](=O)[O-])[N+](=O)[O-])[N+](=O)[O-]. The van der Waals surface area contributed by atoms with Crippen LogP contribution in [0.1, 0.15) is 12.8 Å². The summed E-state index contributed by atoms with van der Waals surface area (Å²) in [5, 5.41) is 37.2. The first-order valence-corrected chi connectivity index (χ1v) is 5.45. The van der Waals surface area contributed by atoms with Crippen molar-refractivity contribution in [3.8, 4) is 0 Å². The minimum atomic E-state index is -3.21. The molecule has 0 aliphatic carbocycles. The normalized spacial score (nSPS) is 11.9. The van der Waals surface area contributed by atoms with Crippen LogP contribution in [0.2, 0.25) is 0 Å². The van der Waals surface area contributed by atoms with Crippen molar-refractivity contribution in [3.63, 3.8) is 0 Å². The first-order valence-electron chi connectivity index (χ1n) is 4.69. The van der Waals surface area contributed by atoms with Gasteiger partial charge in [0.15, 0.2) is 0 Å². The van der Waals surface area contributed by atoms with Crippen molar-refractivity contribution < 1.29 is 19.7 Å². The van der Waals surface area contributed by atoms with Gasteiger partial charge in [-0.15, -0.1) is 0 Å². The lowest BCUT2D eigenvalue weighted by molar-refractivity contribution is -0.774. The molecule has 0 radical (unpaired) electrons. The number of halogens is 2. The lowest BCUT2D eigenvalue weighted by atomic mass is 10.2. The van der Waals surface area contributed by atoms with Crippen LogP contribution in [0.5, 0.6) is 0 Å². The van der Waals surface area contributed by atoms with Gasteiger partial charge in [-0.25, -0.2) is 0 Å². The van der Waals surface area contributed by atoms with E-state index in [1.807, 2.05) is 0 Å². The average Bonchev–Trinajstić information content (AvgIpc) is 2.32. The monoisotopic (exact) mass is 335 g/mol. The molecular weight excluding hydrogens is 329 g/mol. The summed E-state index contributed by atoms with van der Waals surface area (Å²) in [5.74, 6) is 0. The first-order chi connectivity index (χ1) is 8.98. The Bertz CT molecular complexity index is 375. The van der Waals surface area contributed by atoms with Crippen molar-refractivity contribution in [2.24, 2.45) is 0 Å². The highest BCUT2D eigenvalue weighted by molar-refractivity contribution is 6.21. The third-order valence-corrected chi connectivity index (χ3v) is 2.94. The van der Waals surface area contributed by atoms with Crippen LogP contribution in [0.3, 0.4) is 0 Å². The van der Waals surface area contributed by atoms with Crippen LogP contribution in [0, 0.1) is 40.5 Å². The number of nitrogens with one attached hydrogen (secondary N) is 1. The van der Waals surface area contributed by atoms with E-state index in [4.69, 9.17) is 23.2 Å². The number of hydrogen-bond acceptors (Lipinski definition) is 9. The molecule has 0 fully saturated rings. The first kappa shape index (κ1) is 18.1. The molecule has 0 saturated carbocycles. The lowest BCUT2D eigenvalue weighted by Gasteiger charge is -2.12. The molecule has 0 heterocycles. The van der Waals surface area contributed by atoms with Crippen LogP contribution in [-0.4, -0.2) is 36.6 Å². The van der Waals surface area contributed by atoms with Crippen LogP contribution in [0.25, 0.3) is 0 Å². The molecule has 20 heavy (non-hydrogen) atoms. The summed E-state index contributed by atoms with van der Waals surface area (Å²) in [5.41, 5.74) is 0. The van der Waals surface area contributed by atoms with E-state index in [9.17, 15) is 40.5 Å². The number of hydrogen-bond donors (Lipinski definition) is 1. The van der Waals surface area contributed by atoms with Gasteiger partial charge in [0.25, 0.3) is 0 Å². The summed E-state index contributed by atoms with van der Waals surface area (Å²) < 4.78 is 0. The quantitative estimate of drug-likeness (QED) is 0.153. The Kier molecular flexibility index (Phi) is 5.93. The highest BCUT2D eigenvalue weighted by atomic mass is 35.5. The van der Waals surface area contributed by atoms with Gasteiger partial charge in [-0.3, -0.25) is 40.5 Å². The van der Waals surface area contributed by atoms with Crippen LogP contribution in [-0.2, 0) is 0 Å². The van der Waals surface area contributed by atoms with E-state index in [0.717, 1.165) is 0 Å². The molecule has 1 N–H and O–H groups in total. The average molecular weight is 336 g/mol. The van der Waals surface area contributed by atoms with Crippen LogP contribution < -0.4 is 5.32 Å². The summed E-state index contributed by atoms with van der Waals surface area (Å²) in [7, 11) is 0. The van der Waals surface area contributed by atoms with Gasteiger partial charge in [-0.05, 0) is 6.42 Å². The Morgan fingerprint density at radius 3 is 1.55 bits per heavy atom. The molecule has 0 aromatic rings. The molecule has 0 amide bonds. The topological polar surface area (TPSA) is 185 Å². The fourth-order valence-corrected chi connectivity index (χ4v) is 1.23. The highest BCUT2D eigenvalue weighted by Crippen LogP contribution is 2.23. The fourth-order valence-electron chi connectivity index (χ4n) is 1.01. The molecule has 0 rings (SSSR count). The van der Waals surface area contributed by atoms with Gasteiger partial charge in [0, 0.05) is 18.1 Å². The second kappa shape index (κ2) is 6.53. The Hall–Kier alpha value is -1.86. The smallest absolute Gasteiger partial charge is 0.257 e. The molecule has 114 valence electrons. The standard InChI is InChI=1S/C5H7Cl2N5O8/c6-4(9(13)14,10(15)16)2-1-3-8-5(7,11(17)18)12(19)20/h8H,1-3H2. The van der Waals surface area contributed by atoms with E-state index in [1.54, 1.807) is 5.32 Å². The summed E-state index contributed by atoms with van der Waals surface area (Å²) in [6.07, 6.45) is -1.24. The molecule has 0 atom stereocenters. The van der Waals surface area contributed by atoms with Crippen molar-refractivity contribution in [3.05, 3.63) is 40.5 Å². The zero-order chi connectivity index (χ0) is 16.1. The predicted octanol–water partition coefficient (Wildman–Crippen LogP) is 0.206. The molecule has 0 unspecified atom stereocenters. The molecule has 0 aliphatic rings. The molecule has 0 aromatic carbocycles. The Morgan fingerprint density at radius 1 is 0.850 bits per heavy atom. The number of nitrogens with zero attached hydrogens (tertiary/aromatic N) is 4. The van der Waals surface area contributed by atoms with Gasteiger partial charge in [0.2, 0.25) is 0 Å². The van der Waals surface area contributed by atoms with Crippen LogP contribution in [0.15, 0.2) is 0 Å². The summed E-state index contributed by atoms with van der Waals surface area (Å²) >= 11 is 10.2. The van der Waals surface area contributed by atoms with Crippen LogP contribution >= 0.6 is 23.2 Å². The largest absolute Gasteiger partial charge is 0.604 e. The van der Waals surface area contributed by atoms with Gasteiger partial charge in [-0.1, -0.05) is 0 Å². The maximum Gasteiger partial charge on any atom is 0.604 e. The van der Waals surface area contributed by atoms with E-state index >= 15 is 0 Å². The maximum atomic E-state index is 10.4. The summed E-state index contributed by atoms with van der Waals surface area (Å²) in [6, 6.07) is 0. The molecule has 0 saturated heterocycles. The van der Waals surface area contributed by atoms with E-state index in [1.165, 1.54) is 0 Å². The maximum absolute atomic E-state index is 10.4. The number of rotatable bonds is 9. The fraction of sp³-hybridized carbons (Fsp3) is 1.00. The van der Waals surface area contributed by atoms with Crippen molar-refractivity contribution >= 4 is 23.2 Å². The molecule has 0 aromatic heterocycles. The predicted molar refractivity (Wildman–Crippen MR) is 62.4 cm³/mol. The Balaban J connectivity index is 4.60. The Morgan fingerprint density at radius 2 is 1.25 bits per heavy atom. The molecule has 13 nitrogen and oxygen atoms in total. The van der Waals surface area contributed by atoms with Gasteiger partial charge in [0.05, 0.1) is 11.6 Å². The molecule has 0 spiro atoms. The zero-order valence-corrected chi connectivity index (χ0v) is 10.9. The molecule has 0 aliphatic heterocycles. The van der Waals surface area contributed by atoms with Crippen LogP contribution in [0.4, 0.5) is 0 Å². The van der Waals surface area contributed by atoms with E-state index in [0.29, 0.717) is 0 Å². The summed E-state index contributed by atoms with van der Waals surface area (Å²) in [4.78, 5) is 36.1. The van der Waals surface area contributed by atoms with Gasteiger partial charge < -0.3 is 0 Å². The third kappa shape index (κ3) is 3.82. The summed E-state index contributed by atoms with van der Waals surface area (Å²) in [6.45, 7) is -0.568. The Labute approximate surface area is 119 Å². The second-order valence-corrected chi connectivity index (χ2v) is 4.50. The number of alkyl halides is 2. The van der Waals surface area contributed by atoms with Gasteiger partial charge in [-0.2, -0.15) is 5.32 Å². The van der Waals surface area contributed by atoms with Crippen molar-refractivity contribution in [1.29, 1.82) is 0 Å². The third-order valence-electron chi connectivity index (χ3n) is 2.06.